The monoisotopic (exact) mass is 453 g/mol. The van der Waals surface area contributed by atoms with E-state index in [4.69, 9.17) is 0 Å². The SMILES string of the molecule is Cc1nc2ccc(Nc3cc([C@@H](C)CC(=O)O)ccc3N(CC(C)C)CC(C)C)cc2s1. The molecule has 0 radical (unpaired) electrons. The van der Waals surface area contributed by atoms with Crippen LogP contribution >= 0.6 is 11.3 Å². The highest BCUT2D eigenvalue weighted by molar-refractivity contribution is 7.18. The standard InChI is InChI=1S/C26H35N3O2S/c1-16(2)14-29(15-17(3)4)24-10-7-20(18(5)11-26(30)31)12-23(24)28-21-8-9-22-25(13-21)32-19(6)27-22/h7-10,12-13,16-18,28H,11,14-15H2,1-6H3,(H,30,31)/t18-/m0/s1. The summed E-state index contributed by atoms with van der Waals surface area (Å²) in [6.45, 7) is 14.9. The van der Waals surface area contributed by atoms with Crippen molar-refractivity contribution in [2.24, 2.45) is 11.8 Å². The molecule has 0 saturated heterocycles. The van der Waals surface area contributed by atoms with Gasteiger partial charge in [0.2, 0.25) is 0 Å². The zero-order valence-corrected chi connectivity index (χ0v) is 20.8. The van der Waals surface area contributed by atoms with Gasteiger partial charge in [0.1, 0.15) is 0 Å². The molecule has 6 heteroatoms. The number of fused-ring (bicyclic) bond motifs is 1. The molecular weight excluding hydrogens is 418 g/mol. The maximum Gasteiger partial charge on any atom is 0.303 e. The van der Waals surface area contributed by atoms with Gasteiger partial charge in [-0.05, 0) is 60.6 Å². The van der Waals surface area contributed by atoms with E-state index in [0.717, 1.165) is 50.9 Å². The quantitative estimate of drug-likeness (QED) is 0.344. The molecule has 172 valence electrons. The lowest BCUT2D eigenvalue weighted by Gasteiger charge is -2.31. The number of thiazole rings is 1. The molecule has 0 aliphatic rings. The summed E-state index contributed by atoms with van der Waals surface area (Å²) in [5.41, 5.74) is 5.23. The molecule has 0 saturated carbocycles. The number of carboxylic acid groups (broad SMARTS) is 1. The number of carboxylic acids is 1. The fourth-order valence-electron chi connectivity index (χ4n) is 4.04. The average Bonchev–Trinajstić information content (AvgIpc) is 3.05. The normalized spacial score (nSPS) is 12.5. The molecule has 2 N–H and O–H groups in total. The van der Waals surface area contributed by atoms with E-state index in [0.29, 0.717) is 11.8 Å². The van der Waals surface area contributed by atoms with Crippen molar-refractivity contribution in [1.29, 1.82) is 0 Å². The molecule has 0 fully saturated rings. The Morgan fingerprint density at radius 3 is 2.38 bits per heavy atom. The molecular formula is C26H35N3O2S. The number of hydrogen-bond donors (Lipinski definition) is 2. The summed E-state index contributed by atoms with van der Waals surface area (Å²) in [6, 6.07) is 12.6. The van der Waals surface area contributed by atoms with Crippen molar-refractivity contribution < 1.29 is 9.90 Å². The van der Waals surface area contributed by atoms with E-state index in [9.17, 15) is 9.90 Å². The van der Waals surface area contributed by atoms with Crippen LogP contribution < -0.4 is 10.2 Å². The Labute approximate surface area is 195 Å². The lowest BCUT2D eigenvalue weighted by Crippen LogP contribution is -2.31. The predicted octanol–water partition coefficient (Wildman–Crippen LogP) is 7.04. The highest BCUT2D eigenvalue weighted by Gasteiger charge is 2.18. The Morgan fingerprint density at radius 1 is 1.06 bits per heavy atom. The van der Waals surface area contributed by atoms with Crippen molar-refractivity contribution in [1.82, 2.24) is 4.98 Å². The molecule has 0 amide bonds. The van der Waals surface area contributed by atoms with Gasteiger partial charge in [-0.25, -0.2) is 4.98 Å². The molecule has 0 unspecified atom stereocenters. The Balaban J connectivity index is 2.03. The number of aromatic nitrogens is 1. The molecule has 1 atom stereocenters. The Kier molecular flexibility index (Phi) is 7.77. The van der Waals surface area contributed by atoms with Crippen LogP contribution in [0.25, 0.3) is 10.2 Å². The largest absolute Gasteiger partial charge is 0.481 e. The van der Waals surface area contributed by atoms with Crippen molar-refractivity contribution in [2.45, 2.75) is 53.9 Å². The first-order valence-electron chi connectivity index (χ1n) is 11.4. The fourth-order valence-corrected chi connectivity index (χ4v) is 4.91. The molecule has 3 rings (SSSR count). The molecule has 5 nitrogen and oxygen atoms in total. The van der Waals surface area contributed by atoms with Crippen LogP contribution in [-0.2, 0) is 4.79 Å². The number of nitrogens with zero attached hydrogens (tertiary/aromatic N) is 2. The molecule has 1 aromatic heterocycles. The third kappa shape index (κ3) is 6.22. The van der Waals surface area contributed by atoms with Gasteiger partial charge in [0, 0.05) is 18.8 Å². The van der Waals surface area contributed by atoms with Crippen LogP contribution in [0.1, 0.15) is 57.5 Å². The summed E-state index contributed by atoms with van der Waals surface area (Å²) >= 11 is 1.69. The van der Waals surface area contributed by atoms with Gasteiger partial charge in [-0.3, -0.25) is 4.79 Å². The zero-order valence-electron chi connectivity index (χ0n) is 20.0. The minimum atomic E-state index is -0.775. The molecule has 1 heterocycles. The van der Waals surface area contributed by atoms with Gasteiger partial charge < -0.3 is 15.3 Å². The second kappa shape index (κ2) is 10.3. The Bertz CT molecular complexity index is 1060. The van der Waals surface area contributed by atoms with E-state index in [1.54, 1.807) is 11.3 Å². The van der Waals surface area contributed by atoms with Crippen LogP contribution in [0.3, 0.4) is 0 Å². The minimum Gasteiger partial charge on any atom is -0.481 e. The maximum absolute atomic E-state index is 11.3. The second-order valence-electron chi connectivity index (χ2n) is 9.51. The third-order valence-corrected chi connectivity index (χ3v) is 6.29. The van der Waals surface area contributed by atoms with Crippen LogP contribution in [-0.4, -0.2) is 29.1 Å². The third-order valence-electron chi connectivity index (χ3n) is 5.36. The number of carbonyl (C=O) groups is 1. The van der Waals surface area contributed by atoms with Crippen molar-refractivity contribution in [3.05, 3.63) is 47.0 Å². The van der Waals surface area contributed by atoms with Gasteiger partial charge in [0.25, 0.3) is 0 Å². The molecule has 0 aliphatic carbocycles. The van der Waals surface area contributed by atoms with Crippen molar-refractivity contribution in [3.8, 4) is 0 Å². The second-order valence-corrected chi connectivity index (χ2v) is 10.7. The molecule has 0 bridgehead atoms. The van der Waals surface area contributed by atoms with Crippen molar-refractivity contribution >= 4 is 44.6 Å². The van der Waals surface area contributed by atoms with Crippen LogP contribution in [0.15, 0.2) is 36.4 Å². The van der Waals surface area contributed by atoms with E-state index >= 15 is 0 Å². The Hall–Kier alpha value is -2.60. The molecule has 32 heavy (non-hydrogen) atoms. The molecule has 0 spiro atoms. The molecule has 0 aliphatic heterocycles. The number of rotatable bonds is 10. The number of anilines is 3. The van der Waals surface area contributed by atoms with E-state index < -0.39 is 5.97 Å². The molecule has 3 aromatic rings. The topological polar surface area (TPSA) is 65.5 Å². The lowest BCUT2D eigenvalue weighted by atomic mass is 9.96. The van der Waals surface area contributed by atoms with Crippen molar-refractivity contribution in [2.75, 3.05) is 23.3 Å². The first-order chi connectivity index (χ1) is 15.1. The van der Waals surface area contributed by atoms with Gasteiger partial charge in [0.05, 0.1) is 33.0 Å². The summed E-state index contributed by atoms with van der Waals surface area (Å²) in [4.78, 5) is 18.3. The van der Waals surface area contributed by atoms with Gasteiger partial charge in [0.15, 0.2) is 0 Å². The molecule has 2 aromatic carbocycles. The van der Waals surface area contributed by atoms with Crippen LogP contribution in [0.2, 0.25) is 0 Å². The minimum absolute atomic E-state index is 0.0580. The lowest BCUT2D eigenvalue weighted by molar-refractivity contribution is -0.137. The van der Waals surface area contributed by atoms with E-state index in [1.165, 1.54) is 0 Å². The van der Waals surface area contributed by atoms with E-state index in [1.807, 2.05) is 13.8 Å². The number of nitrogens with one attached hydrogen (secondary N) is 1. The van der Waals surface area contributed by atoms with E-state index in [2.05, 4.69) is 79.3 Å². The summed E-state index contributed by atoms with van der Waals surface area (Å²) < 4.78 is 1.16. The summed E-state index contributed by atoms with van der Waals surface area (Å²) in [5, 5.41) is 14.0. The van der Waals surface area contributed by atoms with Gasteiger partial charge >= 0.3 is 5.97 Å². The predicted molar refractivity (Wildman–Crippen MR) is 137 cm³/mol. The highest BCUT2D eigenvalue weighted by atomic mass is 32.1. The first-order valence-corrected chi connectivity index (χ1v) is 12.2. The Morgan fingerprint density at radius 2 is 1.75 bits per heavy atom. The summed E-state index contributed by atoms with van der Waals surface area (Å²) in [6.07, 6.45) is 0.118. The number of benzene rings is 2. The summed E-state index contributed by atoms with van der Waals surface area (Å²) in [5.74, 6) is 0.230. The number of hydrogen-bond acceptors (Lipinski definition) is 5. The van der Waals surface area contributed by atoms with Crippen molar-refractivity contribution in [3.63, 3.8) is 0 Å². The fraction of sp³-hybridized carbons (Fsp3) is 0.462. The van der Waals surface area contributed by atoms with Crippen LogP contribution in [0.5, 0.6) is 0 Å². The van der Waals surface area contributed by atoms with Crippen LogP contribution in [0.4, 0.5) is 17.1 Å². The first kappa shape index (κ1) is 24.1. The van der Waals surface area contributed by atoms with Gasteiger partial charge in [-0.1, -0.05) is 40.7 Å². The number of aryl methyl sites for hydroxylation is 1. The van der Waals surface area contributed by atoms with Gasteiger partial charge in [-0.2, -0.15) is 0 Å². The van der Waals surface area contributed by atoms with E-state index in [-0.39, 0.29) is 12.3 Å². The summed E-state index contributed by atoms with van der Waals surface area (Å²) in [7, 11) is 0. The highest BCUT2D eigenvalue weighted by Crippen LogP contribution is 2.35. The average molecular weight is 454 g/mol. The number of aliphatic carboxylic acids is 1. The maximum atomic E-state index is 11.3. The van der Waals surface area contributed by atoms with Crippen LogP contribution in [0, 0.1) is 18.8 Å². The zero-order chi connectivity index (χ0) is 23.4. The smallest absolute Gasteiger partial charge is 0.303 e. The van der Waals surface area contributed by atoms with Gasteiger partial charge in [-0.15, -0.1) is 11.3 Å².